The van der Waals surface area contributed by atoms with Crippen LogP contribution < -0.4 is 14.8 Å². The summed E-state index contributed by atoms with van der Waals surface area (Å²) in [5, 5.41) is 3.56. The predicted molar refractivity (Wildman–Crippen MR) is 83.7 cm³/mol. The predicted octanol–water partition coefficient (Wildman–Crippen LogP) is 3.70. The van der Waals surface area contributed by atoms with Crippen LogP contribution in [0.15, 0.2) is 48.5 Å². The lowest BCUT2D eigenvalue weighted by molar-refractivity contribution is 0.309. The second-order valence-corrected chi connectivity index (χ2v) is 5.28. The molecule has 0 saturated carbocycles. The van der Waals surface area contributed by atoms with Crippen LogP contribution in [-0.2, 0) is 6.54 Å². The third-order valence-corrected chi connectivity index (χ3v) is 3.62. The molecule has 1 atom stereocenters. The van der Waals surface area contributed by atoms with Gasteiger partial charge in [0.15, 0.2) is 0 Å². The summed E-state index contributed by atoms with van der Waals surface area (Å²) >= 11 is 0. The lowest BCUT2D eigenvalue weighted by atomic mass is 10.1. The van der Waals surface area contributed by atoms with E-state index in [2.05, 4.69) is 36.5 Å². The first-order valence-corrected chi connectivity index (χ1v) is 7.53. The van der Waals surface area contributed by atoms with Crippen molar-refractivity contribution in [3.63, 3.8) is 0 Å². The van der Waals surface area contributed by atoms with Gasteiger partial charge in [0.2, 0.25) is 0 Å². The number of hydrogen-bond donors (Lipinski definition) is 1. The van der Waals surface area contributed by atoms with Crippen LogP contribution in [0.1, 0.15) is 30.5 Å². The van der Waals surface area contributed by atoms with Gasteiger partial charge in [-0.05, 0) is 30.2 Å². The van der Waals surface area contributed by atoms with Crippen molar-refractivity contribution in [1.82, 2.24) is 5.32 Å². The average Bonchev–Trinajstić information content (AvgIpc) is 2.95. The highest BCUT2D eigenvalue weighted by Crippen LogP contribution is 2.31. The largest absolute Gasteiger partial charge is 0.494 e. The van der Waals surface area contributed by atoms with Crippen LogP contribution in [0.25, 0.3) is 0 Å². The average molecular weight is 283 g/mol. The molecule has 1 aliphatic heterocycles. The molecule has 110 valence electrons. The maximum absolute atomic E-state index is 5.69. The van der Waals surface area contributed by atoms with E-state index in [4.69, 9.17) is 9.47 Å². The second kappa shape index (κ2) is 6.64. The molecule has 0 radical (unpaired) electrons. The van der Waals surface area contributed by atoms with E-state index in [9.17, 15) is 0 Å². The number of benzene rings is 2. The van der Waals surface area contributed by atoms with E-state index in [1.807, 2.05) is 24.3 Å². The van der Waals surface area contributed by atoms with Crippen LogP contribution in [0, 0.1) is 0 Å². The summed E-state index contributed by atoms with van der Waals surface area (Å²) in [4.78, 5) is 0. The van der Waals surface area contributed by atoms with Gasteiger partial charge < -0.3 is 14.8 Å². The Hall–Kier alpha value is -2.00. The Balaban J connectivity index is 1.61. The summed E-state index contributed by atoms with van der Waals surface area (Å²) in [5.74, 6) is 1.94. The molecule has 0 aliphatic carbocycles. The fourth-order valence-electron chi connectivity index (χ4n) is 2.54. The van der Waals surface area contributed by atoms with E-state index in [1.165, 1.54) is 11.1 Å². The Kier molecular flexibility index (Phi) is 4.41. The number of hydrogen-bond acceptors (Lipinski definition) is 3. The summed E-state index contributed by atoms with van der Waals surface area (Å²) in [6.45, 7) is 4.39. The quantitative estimate of drug-likeness (QED) is 0.877. The zero-order valence-electron chi connectivity index (χ0n) is 12.3. The van der Waals surface area contributed by atoms with Crippen LogP contribution >= 0.6 is 0 Å². The molecule has 21 heavy (non-hydrogen) atoms. The van der Waals surface area contributed by atoms with Gasteiger partial charge in [-0.2, -0.15) is 0 Å². The van der Waals surface area contributed by atoms with E-state index in [-0.39, 0.29) is 6.04 Å². The van der Waals surface area contributed by atoms with Crippen molar-refractivity contribution in [3.05, 3.63) is 59.7 Å². The molecule has 3 rings (SSSR count). The number of fused-ring (bicyclic) bond motifs is 1. The fourth-order valence-corrected chi connectivity index (χ4v) is 2.54. The summed E-state index contributed by atoms with van der Waals surface area (Å²) < 4.78 is 11.4. The molecule has 0 fully saturated rings. The molecule has 0 aromatic heterocycles. The van der Waals surface area contributed by atoms with Crippen molar-refractivity contribution in [2.24, 2.45) is 0 Å². The summed E-state index contributed by atoms with van der Waals surface area (Å²) in [6, 6.07) is 16.8. The van der Waals surface area contributed by atoms with Crippen LogP contribution in [0.5, 0.6) is 11.5 Å². The second-order valence-electron chi connectivity index (χ2n) is 5.28. The van der Waals surface area contributed by atoms with Gasteiger partial charge in [0, 0.05) is 12.1 Å². The lowest BCUT2D eigenvalue weighted by Gasteiger charge is -2.12. The van der Waals surface area contributed by atoms with E-state index in [0.29, 0.717) is 6.61 Å². The van der Waals surface area contributed by atoms with Crippen molar-refractivity contribution in [2.75, 3.05) is 13.2 Å². The molecule has 2 aromatic rings. The zero-order valence-corrected chi connectivity index (χ0v) is 12.3. The van der Waals surface area contributed by atoms with Crippen molar-refractivity contribution < 1.29 is 9.47 Å². The highest BCUT2D eigenvalue weighted by atomic mass is 16.5. The highest BCUT2D eigenvalue weighted by Gasteiger charge is 2.22. The topological polar surface area (TPSA) is 30.5 Å². The van der Waals surface area contributed by atoms with Crippen LogP contribution in [-0.4, -0.2) is 13.2 Å². The summed E-state index contributed by atoms with van der Waals surface area (Å²) in [6.07, 6.45) is 1.03. The van der Waals surface area contributed by atoms with E-state index in [1.54, 1.807) is 0 Å². The first-order valence-electron chi connectivity index (χ1n) is 7.53. The Bertz CT molecular complexity index is 597. The highest BCUT2D eigenvalue weighted by molar-refractivity contribution is 5.39. The molecule has 0 saturated heterocycles. The minimum atomic E-state index is 0.265. The molecule has 1 unspecified atom stereocenters. The van der Waals surface area contributed by atoms with Crippen LogP contribution in [0.3, 0.4) is 0 Å². The van der Waals surface area contributed by atoms with Crippen molar-refractivity contribution in [2.45, 2.75) is 25.9 Å². The number of nitrogens with one attached hydrogen (secondary N) is 1. The fraction of sp³-hybridized carbons (Fsp3) is 0.333. The molecule has 0 spiro atoms. The standard InChI is InChI=1S/C18H21NO2/c1-2-10-20-15-7-5-6-14(11-15)12-19-17-13-21-18-9-4-3-8-16(17)18/h3-9,11,17,19H,2,10,12-13H2,1H3. The maximum Gasteiger partial charge on any atom is 0.124 e. The van der Waals surface area contributed by atoms with Gasteiger partial charge in [0.1, 0.15) is 18.1 Å². The zero-order chi connectivity index (χ0) is 14.5. The van der Waals surface area contributed by atoms with Gasteiger partial charge in [-0.1, -0.05) is 37.3 Å². The van der Waals surface area contributed by atoms with Gasteiger partial charge in [0.05, 0.1) is 12.6 Å². The first kappa shape index (κ1) is 14.0. The van der Waals surface area contributed by atoms with Crippen LogP contribution in [0.4, 0.5) is 0 Å². The molecule has 0 bridgehead atoms. The van der Waals surface area contributed by atoms with Gasteiger partial charge in [-0.25, -0.2) is 0 Å². The lowest BCUT2D eigenvalue weighted by Crippen LogP contribution is -2.21. The molecule has 0 amide bonds. The van der Waals surface area contributed by atoms with E-state index in [0.717, 1.165) is 31.1 Å². The van der Waals surface area contributed by atoms with Crippen LogP contribution in [0.2, 0.25) is 0 Å². The summed E-state index contributed by atoms with van der Waals surface area (Å²) in [5.41, 5.74) is 2.48. The summed E-state index contributed by atoms with van der Waals surface area (Å²) in [7, 11) is 0. The van der Waals surface area contributed by atoms with Crippen molar-refractivity contribution >= 4 is 0 Å². The van der Waals surface area contributed by atoms with Gasteiger partial charge in [-0.15, -0.1) is 0 Å². The molecule has 2 aromatic carbocycles. The molecule has 1 N–H and O–H groups in total. The minimum Gasteiger partial charge on any atom is -0.494 e. The minimum absolute atomic E-state index is 0.265. The van der Waals surface area contributed by atoms with E-state index < -0.39 is 0 Å². The monoisotopic (exact) mass is 283 g/mol. The SMILES string of the molecule is CCCOc1cccc(CNC2COc3ccccc32)c1. The van der Waals surface area contributed by atoms with Crippen molar-refractivity contribution in [1.29, 1.82) is 0 Å². The smallest absolute Gasteiger partial charge is 0.124 e. The molecule has 1 heterocycles. The molecule has 3 heteroatoms. The van der Waals surface area contributed by atoms with Crippen molar-refractivity contribution in [3.8, 4) is 11.5 Å². The molecular weight excluding hydrogens is 262 g/mol. The Morgan fingerprint density at radius 3 is 3.00 bits per heavy atom. The third kappa shape index (κ3) is 3.37. The van der Waals surface area contributed by atoms with Gasteiger partial charge in [-0.3, -0.25) is 0 Å². The molecule has 3 nitrogen and oxygen atoms in total. The third-order valence-electron chi connectivity index (χ3n) is 3.62. The molecular formula is C18H21NO2. The Labute approximate surface area is 125 Å². The van der Waals surface area contributed by atoms with Gasteiger partial charge >= 0.3 is 0 Å². The Morgan fingerprint density at radius 2 is 2.10 bits per heavy atom. The molecule has 1 aliphatic rings. The maximum atomic E-state index is 5.69. The number of ether oxygens (including phenoxy) is 2. The number of para-hydroxylation sites is 1. The Morgan fingerprint density at radius 1 is 1.19 bits per heavy atom. The van der Waals surface area contributed by atoms with E-state index >= 15 is 0 Å². The normalized spacial score (nSPS) is 16.3. The van der Waals surface area contributed by atoms with Gasteiger partial charge in [0.25, 0.3) is 0 Å². The number of rotatable bonds is 6. The first-order chi connectivity index (χ1) is 10.4.